The molecule has 1 aliphatic rings. The van der Waals surface area contributed by atoms with Gasteiger partial charge in [-0.05, 0) is 25.5 Å². The van der Waals surface area contributed by atoms with Crippen molar-refractivity contribution in [3.05, 3.63) is 35.9 Å². The van der Waals surface area contributed by atoms with Crippen molar-refractivity contribution >= 4 is 6.03 Å². The predicted molar refractivity (Wildman–Crippen MR) is 72.3 cm³/mol. The maximum atomic E-state index is 12.1. The number of hydrogen-bond acceptors (Lipinski definition) is 2. The molecule has 1 saturated heterocycles. The van der Waals surface area contributed by atoms with E-state index in [0.717, 1.165) is 31.6 Å². The molecule has 0 saturated carbocycles. The molecule has 18 heavy (non-hydrogen) atoms. The van der Waals surface area contributed by atoms with Crippen molar-refractivity contribution in [2.75, 3.05) is 19.6 Å². The van der Waals surface area contributed by atoms with Crippen LogP contribution in [0.3, 0.4) is 0 Å². The fourth-order valence-corrected chi connectivity index (χ4v) is 2.35. The second-order valence-electron chi connectivity index (χ2n) is 4.58. The SMILES string of the molecule is CCN(C(=O)NCc1ccccc1)C1CCNC1. The molecule has 2 N–H and O–H groups in total. The van der Waals surface area contributed by atoms with Crippen molar-refractivity contribution in [3.8, 4) is 0 Å². The van der Waals surface area contributed by atoms with E-state index in [0.29, 0.717) is 12.6 Å². The number of hydrogen-bond donors (Lipinski definition) is 2. The van der Waals surface area contributed by atoms with E-state index in [2.05, 4.69) is 10.6 Å². The third kappa shape index (κ3) is 3.23. The molecule has 1 aliphatic heterocycles. The number of nitrogens with one attached hydrogen (secondary N) is 2. The van der Waals surface area contributed by atoms with Crippen molar-refractivity contribution in [1.29, 1.82) is 0 Å². The monoisotopic (exact) mass is 247 g/mol. The number of likely N-dealkylation sites (N-methyl/N-ethyl adjacent to an activating group) is 1. The summed E-state index contributed by atoms with van der Waals surface area (Å²) in [4.78, 5) is 14.0. The summed E-state index contributed by atoms with van der Waals surface area (Å²) < 4.78 is 0. The van der Waals surface area contributed by atoms with Crippen LogP contribution in [0.2, 0.25) is 0 Å². The Bertz CT molecular complexity index is 374. The molecule has 0 bridgehead atoms. The molecule has 0 aromatic heterocycles. The Kier molecular flexibility index (Phi) is 4.59. The number of carbonyl (C=O) groups excluding carboxylic acids is 1. The zero-order chi connectivity index (χ0) is 12.8. The lowest BCUT2D eigenvalue weighted by atomic mass is 10.2. The second kappa shape index (κ2) is 6.40. The van der Waals surface area contributed by atoms with Gasteiger partial charge in [-0.1, -0.05) is 30.3 Å². The molecular formula is C14H21N3O. The van der Waals surface area contributed by atoms with Gasteiger partial charge < -0.3 is 15.5 Å². The van der Waals surface area contributed by atoms with Gasteiger partial charge in [0.1, 0.15) is 0 Å². The van der Waals surface area contributed by atoms with E-state index < -0.39 is 0 Å². The fraction of sp³-hybridized carbons (Fsp3) is 0.500. The molecule has 2 rings (SSSR count). The van der Waals surface area contributed by atoms with Gasteiger partial charge in [0, 0.05) is 25.7 Å². The first kappa shape index (κ1) is 12.9. The van der Waals surface area contributed by atoms with Crippen molar-refractivity contribution in [2.45, 2.75) is 25.9 Å². The third-order valence-corrected chi connectivity index (χ3v) is 3.36. The van der Waals surface area contributed by atoms with Crippen LogP contribution in [0.5, 0.6) is 0 Å². The van der Waals surface area contributed by atoms with E-state index in [9.17, 15) is 4.79 Å². The molecule has 1 heterocycles. The van der Waals surface area contributed by atoms with Crippen LogP contribution >= 0.6 is 0 Å². The van der Waals surface area contributed by atoms with Gasteiger partial charge in [-0.25, -0.2) is 4.79 Å². The average Bonchev–Trinajstić information content (AvgIpc) is 2.92. The minimum atomic E-state index is 0.0371. The molecule has 0 radical (unpaired) electrons. The van der Waals surface area contributed by atoms with Crippen LogP contribution in [-0.4, -0.2) is 36.6 Å². The molecule has 2 amide bonds. The molecule has 4 nitrogen and oxygen atoms in total. The topological polar surface area (TPSA) is 44.4 Å². The highest BCUT2D eigenvalue weighted by Gasteiger charge is 2.24. The number of carbonyl (C=O) groups is 1. The van der Waals surface area contributed by atoms with E-state index >= 15 is 0 Å². The first-order chi connectivity index (χ1) is 8.81. The van der Waals surface area contributed by atoms with E-state index in [1.54, 1.807) is 0 Å². The first-order valence-electron chi connectivity index (χ1n) is 6.60. The molecule has 1 atom stereocenters. The van der Waals surface area contributed by atoms with E-state index in [1.807, 2.05) is 42.2 Å². The molecule has 1 unspecified atom stereocenters. The van der Waals surface area contributed by atoms with E-state index in [1.165, 1.54) is 0 Å². The van der Waals surface area contributed by atoms with Gasteiger partial charge in [0.05, 0.1) is 0 Å². The van der Waals surface area contributed by atoms with Crippen molar-refractivity contribution in [1.82, 2.24) is 15.5 Å². The average molecular weight is 247 g/mol. The first-order valence-corrected chi connectivity index (χ1v) is 6.60. The third-order valence-electron chi connectivity index (χ3n) is 3.36. The summed E-state index contributed by atoms with van der Waals surface area (Å²) >= 11 is 0. The van der Waals surface area contributed by atoms with Crippen LogP contribution in [0.15, 0.2) is 30.3 Å². The predicted octanol–water partition coefficient (Wildman–Crippen LogP) is 1.58. The van der Waals surface area contributed by atoms with Crippen LogP contribution in [0, 0.1) is 0 Å². The van der Waals surface area contributed by atoms with Gasteiger partial charge in [0.2, 0.25) is 0 Å². The van der Waals surface area contributed by atoms with Crippen LogP contribution in [0.4, 0.5) is 4.79 Å². The van der Waals surface area contributed by atoms with E-state index in [-0.39, 0.29) is 6.03 Å². The zero-order valence-electron chi connectivity index (χ0n) is 10.9. The molecule has 0 spiro atoms. The maximum Gasteiger partial charge on any atom is 0.317 e. The highest BCUT2D eigenvalue weighted by Crippen LogP contribution is 2.08. The molecule has 1 aromatic carbocycles. The summed E-state index contributed by atoms with van der Waals surface area (Å²) in [5.74, 6) is 0. The van der Waals surface area contributed by atoms with Crippen LogP contribution < -0.4 is 10.6 Å². The Hall–Kier alpha value is -1.55. The summed E-state index contributed by atoms with van der Waals surface area (Å²) in [7, 11) is 0. The summed E-state index contributed by atoms with van der Waals surface area (Å²) in [6.07, 6.45) is 1.05. The summed E-state index contributed by atoms with van der Waals surface area (Å²) in [5.41, 5.74) is 1.13. The number of rotatable bonds is 4. The van der Waals surface area contributed by atoms with Crippen LogP contribution in [-0.2, 0) is 6.54 Å². The molecule has 1 aromatic rings. The Morgan fingerprint density at radius 3 is 2.83 bits per heavy atom. The molecule has 4 heteroatoms. The minimum Gasteiger partial charge on any atom is -0.334 e. The standard InChI is InChI=1S/C14H21N3O/c1-2-17(13-8-9-15-11-13)14(18)16-10-12-6-4-3-5-7-12/h3-7,13,15H,2,8-11H2,1H3,(H,16,18). The molecule has 0 aliphatic carbocycles. The summed E-state index contributed by atoms with van der Waals surface area (Å²) in [6.45, 7) is 5.30. The van der Waals surface area contributed by atoms with Crippen molar-refractivity contribution in [2.24, 2.45) is 0 Å². The van der Waals surface area contributed by atoms with Gasteiger partial charge in [0.15, 0.2) is 0 Å². The van der Waals surface area contributed by atoms with Gasteiger partial charge in [0.25, 0.3) is 0 Å². The Balaban J connectivity index is 1.86. The van der Waals surface area contributed by atoms with Gasteiger partial charge >= 0.3 is 6.03 Å². The van der Waals surface area contributed by atoms with E-state index in [4.69, 9.17) is 0 Å². The van der Waals surface area contributed by atoms with Gasteiger partial charge in [-0.3, -0.25) is 0 Å². The highest BCUT2D eigenvalue weighted by atomic mass is 16.2. The molecule has 98 valence electrons. The molecule has 1 fully saturated rings. The number of urea groups is 1. The lowest BCUT2D eigenvalue weighted by molar-refractivity contribution is 0.182. The zero-order valence-corrected chi connectivity index (χ0v) is 10.9. The Morgan fingerprint density at radius 1 is 1.44 bits per heavy atom. The lowest BCUT2D eigenvalue weighted by Crippen LogP contribution is -2.46. The Morgan fingerprint density at radius 2 is 2.22 bits per heavy atom. The van der Waals surface area contributed by atoms with Crippen molar-refractivity contribution in [3.63, 3.8) is 0 Å². The van der Waals surface area contributed by atoms with Gasteiger partial charge in [-0.15, -0.1) is 0 Å². The quantitative estimate of drug-likeness (QED) is 0.848. The van der Waals surface area contributed by atoms with Gasteiger partial charge in [-0.2, -0.15) is 0 Å². The minimum absolute atomic E-state index is 0.0371. The summed E-state index contributed by atoms with van der Waals surface area (Å²) in [5, 5.41) is 6.28. The highest BCUT2D eigenvalue weighted by molar-refractivity contribution is 5.74. The largest absolute Gasteiger partial charge is 0.334 e. The molecular weight excluding hydrogens is 226 g/mol. The number of benzene rings is 1. The van der Waals surface area contributed by atoms with Crippen molar-refractivity contribution < 1.29 is 4.79 Å². The number of amides is 2. The normalized spacial score (nSPS) is 18.6. The maximum absolute atomic E-state index is 12.1. The smallest absolute Gasteiger partial charge is 0.317 e. The summed E-state index contributed by atoms with van der Waals surface area (Å²) in [6, 6.07) is 10.4. The second-order valence-corrected chi connectivity index (χ2v) is 4.58. The number of nitrogens with zero attached hydrogens (tertiary/aromatic N) is 1. The van der Waals surface area contributed by atoms with Crippen LogP contribution in [0.25, 0.3) is 0 Å². The Labute approximate surface area is 108 Å². The lowest BCUT2D eigenvalue weighted by Gasteiger charge is -2.27. The fourth-order valence-electron chi connectivity index (χ4n) is 2.35. The van der Waals surface area contributed by atoms with Crippen LogP contribution in [0.1, 0.15) is 18.9 Å².